The van der Waals surface area contributed by atoms with E-state index in [4.69, 9.17) is 4.74 Å². The van der Waals surface area contributed by atoms with E-state index in [2.05, 4.69) is 9.72 Å². The van der Waals surface area contributed by atoms with Crippen LogP contribution < -0.4 is 0 Å². The van der Waals surface area contributed by atoms with Crippen molar-refractivity contribution in [1.82, 2.24) is 4.98 Å². The second-order valence-corrected chi connectivity index (χ2v) is 3.45. The predicted molar refractivity (Wildman–Crippen MR) is 60.4 cm³/mol. The Balaban J connectivity index is 0.000000212. The molecule has 2 rings (SSSR count). The fourth-order valence-electron chi connectivity index (χ4n) is 1.32. The van der Waals surface area contributed by atoms with Gasteiger partial charge in [-0.1, -0.05) is 0 Å². The molecule has 0 aromatic carbocycles. The van der Waals surface area contributed by atoms with E-state index >= 15 is 0 Å². The lowest BCUT2D eigenvalue weighted by atomic mass is 10.2. The zero-order valence-corrected chi connectivity index (χ0v) is 9.73. The molecular formula is C12H17NO3. The summed E-state index contributed by atoms with van der Waals surface area (Å²) in [6.07, 6.45) is 4.20. The van der Waals surface area contributed by atoms with Crippen LogP contribution in [0, 0.1) is 6.92 Å². The first-order valence-corrected chi connectivity index (χ1v) is 5.33. The summed E-state index contributed by atoms with van der Waals surface area (Å²) in [5.74, 6) is -0.337. The van der Waals surface area contributed by atoms with Gasteiger partial charge in [0.2, 0.25) is 0 Å². The van der Waals surface area contributed by atoms with Gasteiger partial charge >= 0.3 is 5.97 Å². The zero-order valence-electron chi connectivity index (χ0n) is 9.73. The maximum Gasteiger partial charge on any atom is 0.339 e. The van der Waals surface area contributed by atoms with E-state index in [0.717, 1.165) is 13.2 Å². The van der Waals surface area contributed by atoms with Gasteiger partial charge in [0, 0.05) is 19.4 Å². The van der Waals surface area contributed by atoms with Crippen molar-refractivity contribution in [2.24, 2.45) is 0 Å². The third kappa shape index (κ3) is 3.98. The van der Waals surface area contributed by atoms with E-state index in [1.807, 2.05) is 0 Å². The number of rotatable bonds is 1. The van der Waals surface area contributed by atoms with Crippen LogP contribution in [0.3, 0.4) is 0 Å². The lowest BCUT2D eigenvalue weighted by molar-refractivity contribution is 0.0599. The Morgan fingerprint density at radius 2 is 2.12 bits per heavy atom. The van der Waals surface area contributed by atoms with Crippen molar-refractivity contribution >= 4 is 5.97 Å². The minimum atomic E-state index is -0.337. The van der Waals surface area contributed by atoms with E-state index in [1.165, 1.54) is 20.0 Å². The number of pyridine rings is 1. The summed E-state index contributed by atoms with van der Waals surface area (Å²) in [5.41, 5.74) is 1.22. The fraction of sp³-hybridized carbons (Fsp3) is 0.500. The summed E-state index contributed by atoms with van der Waals surface area (Å²) in [5, 5.41) is 0. The number of carbonyl (C=O) groups excluding carboxylic acids is 1. The molecule has 4 heteroatoms. The third-order valence-electron chi connectivity index (χ3n) is 2.24. The van der Waals surface area contributed by atoms with Gasteiger partial charge in [-0.3, -0.25) is 4.98 Å². The average molecular weight is 223 g/mol. The lowest BCUT2D eigenvalue weighted by Crippen LogP contribution is -2.04. The van der Waals surface area contributed by atoms with Gasteiger partial charge in [-0.25, -0.2) is 4.79 Å². The molecule has 0 radical (unpaired) electrons. The van der Waals surface area contributed by atoms with Crippen LogP contribution in [0.15, 0.2) is 18.3 Å². The Labute approximate surface area is 95.6 Å². The summed E-state index contributed by atoms with van der Waals surface area (Å²) in [6.45, 7) is 3.77. The van der Waals surface area contributed by atoms with Crippen molar-refractivity contribution in [2.45, 2.75) is 19.8 Å². The second-order valence-electron chi connectivity index (χ2n) is 3.45. The first-order chi connectivity index (χ1) is 7.75. The Morgan fingerprint density at radius 3 is 2.56 bits per heavy atom. The first-order valence-electron chi connectivity index (χ1n) is 5.33. The quantitative estimate of drug-likeness (QED) is 0.683. The Kier molecular flexibility index (Phi) is 5.50. The molecule has 2 heterocycles. The molecule has 88 valence electrons. The summed E-state index contributed by atoms with van der Waals surface area (Å²) < 4.78 is 9.48. The molecule has 0 saturated carbocycles. The molecule has 1 aromatic rings. The van der Waals surface area contributed by atoms with Crippen LogP contribution in [0.4, 0.5) is 0 Å². The monoisotopic (exact) mass is 223 g/mol. The van der Waals surface area contributed by atoms with E-state index in [1.54, 1.807) is 25.3 Å². The van der Waals surface area contributed by atoms with Crippen molar-refractivity contribution in [3.05, 3.63) is 29.6 Å². The average Bonchev–Trinajstić information content (AvgIpc) is 2.87. The summed E-state index contributed by atoms with van der Waals surface area (Å²) >= 11 is 0. The Morgan fingerprint density at radius 1 is 1.44 bits per heavy atom. The van der Waals surface area contributed by atoms with Crippen LogP contribution in [-0.4, -0.2) is 31.3 Å². The molecule has 0 amide bonds. The molecule has 1 aromatic heterocycles. The third-order valence-corrected chi connectivity index (χ3v) is 2.24. The van der Waals surface area contributed by atoms with Crippen LogP contribution in [0.25, 0.3) is 0 Å². The van der Waals surface area contributed by atoms with Gasteiger partial charge in [-0.2, -0.15) is 0 Å². The smallest absolute Gasteiger partial charge is 0.339 e. The molecular weight excluding hydrogens is 206 g/mol. The van der Waals surface area contributed by atoms with E-state index in [9.17, 15) is 4.79 Å². The Bertz CT molecular complexity index is 327. The molecule has 16 heavy (non-hydrogen) atoms. The lowest BCUT2D eigenvalue weighted by Gasteiger charge is -2.00. The second kappa shape index (κ2) is 6.95. The number of hydrogen-bond acceptors (Lipinski definition) is 4. The number of aromatic nitrogens is 1. The number of methoxy groups -OCH3 is 1. The zero-order chi connectivity index (χ0) is 11.8. The van der Waals surface area contributed by atoms with E-state index in [0.29, 0.717) is 11.3 Å². The van der Waals surface area contributed by atoms with Crippen LogP contribution in [0.2, 0.25) is 0 Å². The topological polar surface area (TPSA) is 48.4 Å². The van der Waals surface area contributed by atoms with Gasteiger partial charge in [-0.05, 0) is 31.9 Å². The maximum absolute atomic E-state index is 11.0. The minimum absolute atomic E-state index is 0.337. The molecule has 0 atom stereocenters. The van der Waals surface area contributed by atoms with Crippen LogP contribution >= 0.6 is 0 Å². The maximum atomic E-state index is 11.0. The largest absolute Gasteiger partial charge is 0.465 e. The number of aryl methyl sites for hydroxylation is 1. The number of esters is 1. The van der Waals surface area contributed by atoms with Crippen molar-refractivity contribution in [2.75, 3.05) is 20.3 Å². The highest BCUT2D eigenvalue weighted by atomic mass is 16.5. The number of nitrogens with zero attached hydrogens (tertiary/aromatic N) is 1. The highest BCUT2D eigenvalue weighted by Gasteiger charge is 2.07. The van der Waals surface area contributed by atoms with Crippen LogP contribution in [0.5, 0.6) is 0 Å². The van der Waals surface area contributed by atoms with E-state index < -0.39 is 0 Å². The van der Waals surface area contributed by atoms with Gasteiger partial charge in [0.1, 0.15) is 0 Å². The SMILES string of the molecule is C1CCOC1.COC(=O)c1cccnc1C. The highest BCUT2D eigenvalue weighted by Crippen LogP contribution is 2.04. The van der Waals surface area contributed by atoms with E-state index in [-0.39, 0.29) is 5.97 Å². The molecule has 0 N–H and O–H groups in total. The number of ether oxygens (including phenoxy) is 2. The molecule has 0 aliphatic carbocycles. The standard InChI is InChI=1S/C8H9NO2.C4H8O/c1-6-7(8(10)11-2)4-3-5-9-6;1-2-4-5-3-1/h3-5H,1-2H3;1-4H2. The molecule has 0 unspecified atom stereocenters. The van der Waals surface area contributed by atoms with Crippen molar-refractivity contribution < 1.29 is 14.3 Å². The van der Waals surface area contributed by atoms with Crippen molar-refractivity contribution in [3.8, 4) is 0 Å². The minimum Gasteiger partial charge on any atom is -0.465 e. The summed E-state index contributed by atoms with van der Waals surface area (Å²) in [7, 11) is 1.36. The molecule has 1 aliphatic heterocycles. The molecule has 1 aliphatic rings. The summed E-state index contributed by atoms with van der Waals surface area (Å²) in [6, 6.07) is 3.40. The van der Waals surface area contributed by atoms with Crippen molar-refractivity contribution in [3.63, 3.8) is 0 Å². The normalized spacial score (nSPS) is 13.9. The van der Waals surface area contributed by atoms with Crippen molar-refractivity contribution in [1.29, 1.82) is 0 Å². The Hall–Kier alpha value is -1.42. The fourth-order valence-corrected chi connectivity index (χ4v) is 1.32. The van der Waals surface area contributed by atoms with Gasteiger partial charge in [0.05, 0.1) is 18.4 Å². The molecule has 1 saturated heterocycles. The molecule has 1 fully saturated rings. The number of hydrogen-bond donors (Lipinski definition) is 0. The van der Waals surface area contributed by atoms with Gasteiger partial charge in [0.15, 0.2) is 0 Å². The molecule has 0 bridgehead atoms. The van der Waals surface area contributed by atoms with Gasteiger partial charge < -0.3 is 9.47 Å². The predicted octanol–water partition coefficient (Wildman–Crippen LogP) is 1.97. The number of carbonyl (C=O) groups is 1. The molecule has 0 spiro atoms. The summed E-state index contributed by atoms with van der Waals surface area (Å²) in [4.78, 5) is 14.9. The van der Waals surface area contributed by atoms with Gasteiger partial charge in [-0.15, -0.1) is 0 Å². The van der Waals surface area contributed by atoms with Crippen LogP contribution in [-0.2, 0) is 9.47 Å². The molecule has 4 nitrogen and oxygen atoms in total. The first kappa shape index (κ1) is 12.6. The van der Waals surface area contributed by atoms with Crippen LogP contribution in [0.1, 0.15) is 28.9 Å². The highest BCUT2D eigenvalue weighted by molar-refractivity contribution is 5.90. The van der Waals surface area contributed by atoms with Gasteiger partial charge in [0.25, 0.3) is 0 Å².